The molecule has 0 unspecified atom stereocenters. The van der Waals surface area contributed by atoms with Crippen molar-refractivity contribution in [3.63, 3.8) is 0 Å². The highest BCUT2D eigenvalue weighted by Gasteiger charge is 2.19. The molecule has 22 heavy (non-hydrogen) atoms. The first-order valence-electron chi connectivity index (χ1n) is 6.80. The smallest absolute Gasteiger partial charge is 0.350 e. The van der Waals surface area contributed by atoms with Gasteiger partial charge in [0.2, 0.25) is 6.79 Å². The number of hydrogen-bond donors (Lipinski definition) is 1. The van der Waals surface area contributed by atoms with Gasteiger partial charge in [-0.25, -0.2) is 4.79 Å². The Balaban J connectivity index is 1.74. The van der Waals surface area contributed by atoms with E-state index < -0.39 is 11.4 Å². The van der Waals surface area contributed by atoms with E-state index in [0.717, 1.165) is 5.56 Å². The van der Waals surface area contributed by atoms with Crippen molar-refractivity contribution in [2.45, 2.75) is 19.8 Å². The number of fused-ring (bicyclic) bond motifs is 1. The molecule has 114 valence electrons. The number of carbonyl (C=O) groups excluding carboxylic acids is 1. The number of aromatic hydroxyl groups is 1. The minimum atomic E-state index is -0.812. The van der Waals surface area contributed by atoms with Crippen LogP contribution < -0.4 is 15.1 Å². The topological polar surface area (TPSA) is 86.0 Å². The second kappa shape index (κ2) is 5.55. The van der Waals surface area contributed by atoms with Gasteiger partial charge in [-0.15, -0.1) is 0 Å². The van der Waals surface area contributed by atoms with Crippen molar-refractivity contribution < 1.29 is 23.8 Å². The predicted octanol–water partition coefficient (Wildman–Crippen LogP) is 2.20. The van der Waals surface area contributed by atoms with E-state index in [0.29, 0.717) is 17.9 Å². The molecule has 0 saturated heterocycles. The van der Waals surface area contributed by atoms with Crippen molar-refractivity contribution >= 4 is 5.78 Å². The maximum atomic E-state index is 12.1. The Morgan fingerprint density at radius 2 is 2.00 bits per heavy atom. The standard InChI is InChI=1S/C16H14O6/c1-9-6-12(18)15(16(19)22-9)11(17)4-2-10-3-5-13-14(7-10)21-8-20-13/h3,5-7,18H,2,4,8H2,1H3. The number of Topliss-reactive ketones (excluding diaryl/α,β-unsaturated/α-hetero) is 1. The Kier molecular flexibility index (Phi) is 3.58. The van der Waals surface area contributed by atoms with Crippen molar-refractivity contribution in [3.8, 4) is 17.2 Å². The molecule has 0 radical (unpaired) electrons. The molecule has 6 heteroatoms. The van der Waals surface area contributed by atoms with E-state index >= 15 is 0 Å². The lowest BCUT2D eigenvalue weighted by Gasteiger charge is -2.04. The van der Waals surface area contributed by atoms with Crippen LogP contribution in [0.3, 0.4) is 0 Å². The molecule has 0 atom stereocenters. The third-order valence-electron chi connectivity index (χ3n) is 3.41. The van der Waals surface area contributed by atoms with E-state index in [-0.39, 0.29) is 30.3 Å². The first-order chi connectivity index (χ1) is 10.5. The molecular weight excluding hydrogens is 288 g/mol. The van der Waals surface area contributed by atoms with Gasteiger partial charge >= 0.3 is 5.63 Å². The van der Waals surface area contributed by atoms with Gasteiger partial charge in [0.1, 0.15) is 17.1 Å². The summed E-state index contributed by atoms with van der Waals surface area (Å²) in [7, 11) is 0. The maximum Gasteiger partial charge on any atom is 0.350 e. The van der Waals surface area contributed by atoms with Gasteiger partial charge in [0.05, 0.1) is 0 Å². The molecule has 1 N–H and O–H groups in total. The summed E-state index contributed by atoms with van der Waals surface area (Å²) in [5.41, 5.74) is -0.229. The van der Waals surface area contributed by atoms with Crippen molar-refractivity contribution in [1.29, 1.82) is 0 Å². The Labute approximate surface area is 125 Å². The van der Waals surface area contributed by atoms with E-state index in [2.05, 4.69) is 0 Å². The van der Waals surface area contributed by atoms with E-state index in [1.807, 2.05) is 6.07 Å². The number of ketones is 1. The molecule has 0 spiro atoms. The fourth-order valence-electron chi connectivity index (χ4n) is 2.33. The van der Waals surface area contributed by atoms with Crippen LogP contribution in [-0.4, -0.2) is 17.7 Å². The lowest BCUT2D eigenvalue weighted by atomic mass is 10.0. The Morgan fingerprint density at radius 1 is 1.23 bits per heavy atom. The Morgan fingerprint density at radius 3 is 2.77 bits per heavy atom. The average Bonchev–Trinajstić information content (AvgIpc) is 2.91. The van der Waals surface area contributed by atoms with Gasteiger partial charge in [-0.2, -0.15) is 0 Å². The van der Waals surface area contributed by atoms with Crippen molar-refractivity contribution in [1.82, 2.24) is 0 Å². The molecule has 0 saturated carbocycles. The number of benzene rings is 1. The number of hydrogen-bond acceptors (Lipinski definition) is 6. The molecule has 0 fully saturated rings. The maximum absolute atomic E-state index is 12.1. The van der Waals surface area contributed by atoms with Crippen LogP contribution >= 0.6 is 0 Å². The average molecular weight is 302 g/mol. The van der Waals surface area contributed by atoms with Crippen LogP contribution in [0.25, 0.3) is 0 Å². The highest BCUT2D eigenvalue weighted by Crippen LogP contribution is 2.32. The van der Waals surface area contributed by atoms with Crippen LogP contribution in [0.4, 0.5) is 0 Å². The Bertz CT molecular complexity index is 790. The molecular formula is C16H14O6. The molecule has 1 aliphatic heterocycles. The molecule has 6 nitrogen and oxygen atoms in total. The quantitative estimate of drug-likeness (QED) is 0.871. The fraction of sp³-hybridized carbons (Fsp3) is 0.250. The normalized spacial score (nSPS) is 12.4. The zero-order valence-electron chi connectivity index (χ0n) is 11.9. The molecule has 0 bridgehead atoms. The minimum absolute atomic E-state index is 0.0843. The van der Waals surface area contributed by atoms with Gasteiger partial charge in [0.15, 0.2) is 17.3 Å². The predicted molar refractivity (Wildman–Crippen MR) is 76.6 cm³/mol. The van der Waals surface area contributed by atoms with Gasteiger partial charge in [-0.3, -0.25) is 4.79 Å². The van der Waals surface area contributed by atoms with Gasteiger partial charge in [-0.05, 0) is 31.0 Å². The summed E-state index contributed by atoms with van der Waals surface area (Å²) >= 11 is 0. The van der Waals surface area contributed by atoms with Crippen LogP contribution in [0.5, 0.6) is 17.2 Å². The molecule has 1 aliphatic rings. The third kappa shape index (κ3) is 2.67. The molecule has 1 aromatic carbocycles. The van der Waals surface area contributed by atoms with E-state index in [9.17, 15) is 14.7 Å². The third-order valence-corrected chi connectivity index (χ3v) is 3.41. The summed E-state index contributed by atoms with van der Waals surface area (Å²) in [5, 5.41) is 9.75. The number of rotatable bonds is 4. The SMILES string of the molecule is Cc1cc(O)c(C(=O)CCc2ccc3c(c2)OCO3)c(=O)o1. The first-order valence-corrected chi connectivity index (χ1v) is 6.80. The van der Waals surface area contributed by atoms with Crippen LogP contribution in [0.1, 0.15) is 28.1 Å². The summed E-state index contributed by atoms with van der Waals surface area (Å²) in [6, 6.07) is 6.67. The summed E-state index contributed by atoms with van der Waals surface area (Å²) in [5.74, 6) is 0.776. The summed E-state index contributed by atoms with van der Waals surface area (Å²) in [4.78, 5) is 23.8. The van der Waals surface area contributed by atoms with Crippen molar-refractivity contribution in [2.75, 3.05) is 6.79 Å². The molecule has 0 aliphatic carbocycles. The van der Waals surface area contributed by atoms with Crippen LogP contribution in [0, 0.1) is 6.92 Å². The first kappa shape index (κ1) is 14.2. The van der Waals surface area contributed by atoms with Gasteiger partial charge in [0.25, 0.3) is 0 Å². The van der Waals surface area contributed by atoms with Crippen LogP contribution in [-0.2, 0) is 6.42 Å². The molecule has 0 amide bonds. The largest absolute Gasteiger partial charge is 0.507 e. The molecule has 2 heterocycles. The highest BCUT2D eigenvalue weighted by atomic mass is 16.7. The second-order valence-electron chi connectivity index (χ2n) is 5.02. The van der Waals surface area contributed by atoms with E-state index in [4.69, 9.17) is 13.9 Å². The lowest BCUT2D eigenvalue weighted by molar-refractivity contribution is 0.0975. The minimum Gasteiger partial charge on any atom is -0.507 e. The van der Waals surface area contributed by atoms with Crippen molar-refractivity contribution in [3.05, 3.63) is 51.6 Å². The fourth-order valence-corrected chi connectivity index (χ4v) is 2.33. The van der Waals surface area contributed by atoms with Gasteiger partial charge in [-0.1, -0.05) is 6.07 Å². The van der Waals surface area contributed by atoms with Crippen molar-refractivity contribution in [2.24, 2.45) is 0 Å². The van der Waals surface area contributed by atoms with E-state index in [1.54, 1.807) is 12.1 Å². The second-order valence-corrected chi connectivity index (χ2v) is 5.02. The van der Waals surface area contributed by atoms with Crippen LogP contribution in [0.2, 0.25) is 0 Å². The summed E-state index contributed by atoms with van der Waals surface area (Å²) in [6.07, 6.45) is 0.503. The van der Waals surface area contributed by atoms with Gasteiger partial charge < -0.3 is 19.0 Å². The van der Waals surface area contributed by atoms with E-state index in [1.165, 1.54) is 13.0 Å². The number of aryl methyl sites for hydroxylation is 2. The number of ether oxygens (including phenoxy) is 2. The molecule has 3 rings (SSSR count). The zero-order chi connectivity index (χ0) is 15.7. The highest BCUT2D eigenvalue weighted by molar-refractivity contribution is 5.98. The molecule has 2 aromatic rings. The molecule has 1 aromatic heterocycles. The monoisotopic (exact) mass is 302 g/mol. The lowest BCUT2D eigenvalue weighted by Crippen LogP contribution is -2.15. The van der Waals surface area contributed by atoms with Gasteiger partial charge in [0, 0.05) is 12.5 Å². The number of carbonyl (C=O) groups is 1. The summed E-state index contributed by atoms with van der Waals surface area (Å²) in [6.45, 7) is 1.72. The summed E-state index contributed by atoms with van der Waals surface area (Å²) < 4.78 is 15.3. The van der Waals surface area contributed by atoms with Crippen LogP contribution in [0.15, 0.2) is 33.5 Å². The Hall–Kier alpha value is -2.76. The zero-order valence-corrected chi connectivity index (χ0v) is 11.9.